The van der Waals surface area contributed by atoms with Gasteiger partial charge < -0.3 is 10.2 Å². The normalized spacial score (nSPS) is 20.4. The molecule has 1 N–H and O–H groups in total. The fourth-order valence-electron chi connectivity index (χ4n) is 2.64. The summed E-state index contributed by atoms with van der Waals surface area (Å²) in [6, 6.07) is 5.83. The molecule has 102 valence electrons. The Labute approximate surface area is 115 Å². The zero-order chi connectivity index (χ0) is 13.0. The lowest BCUT2D eigenvalue weighted by atomic mass is 10.0. The molecule has 1 aromatic rings. The van der Waals surface area contributed by atoms with Crippen LogP contribution in [-0.2, 0) is 0 Å². The van der Waals surface area contributed by atoms with Gasteiger partial charge in [0.1, 0.15) is 0 Å². The highest BCUT2D eigenvalue weighted by atomic mass is 32.1. The standard InChI is InChI=1S/C15H26N2S/c1-12(2)17-8-6-14(7-9-17)16-11-13(3)15-5-4-10-18-15/h4-5,10,12-14,16H,6-9,11H2,1-3H3/t13-/m1/s1. The van der Waals surface area contributed by atoms with Gasteiger partial charge in [0, 0.05) is 29.4 Å². The molecule has 0 saturated carbocycles. The van der Waals surface area contributed by atoms with Gasteiger partial charge in [-0.3, -0.25) is 0 Å². The summed E-state index contributed by atoms with van der Waals surface area (Å²) in [4.78, 5) is 4.09. The lowest BCUT2D eigenvalue weighted by molar-refractivity contribution is 0.161. The molecule has 2 rings (SSSR count). The Kier molecular flexibility index (Phi) is 5.22. The first-order chi connectivity index (χ1) is 8.66. The molecular weight excluding hydrogens is 240 g/mol. The summed E-state index contributed by atoms with van der Waals surface area (Å²) < 4.78 is 0. The molecule has 0 amide bonds. The number of rotatable bonds is 5. The van der Waals surface area contributed by atoms with Crippen LogP contribution in [0.5, 0.6) is 0 Å². The van der Waals surface area contributed by atoms with E-state index in [2.05, 4.69) is 48.5 Å². The van der Waals surface area contributed by atoms with Crippen molar-refractivity contribution < 1.29 is 0 Å². The molecule has 1 fully saturated rings. The maximum atomic E-state index is 3.75. The van der Waals surface area contributed by atoms with Crippen LogP contribution in [0.25, 0.3) is 0 Å². The molecule has 0 aliphatic carbocycles. The molecule has 0 aromatic carbocycles. The average Bonchev–Trinajstić information content (AvgIpc) is 2.90. The Balaban J connectivity index is 1.69. The van der Waals surface area contributed by atoms with Crippen LogP contribution in [-0.4, -0.2) is 36.6 Å². The lowest BCUT2D eigenvalue weighted by Crippen LogP contribution is -2.45. The quantitative estimate of drug-likeness (QED) is 0.879. The van der Waals surface area contributed by atoms with Gasteiger partial charge >= 0.3 is 0 Å². The third-order valence-corrected chi connectivity index (χ3v) is 5.11. The average molecular weight is 266 g/mol. The minimum absolute atomic E-state index is 0.646. The maximum absolute atomic E-state index is 3.75. The number of likely N-dealkylation sites (tertiary alicyclic amines) is 1. The summed E-state index contributed by atoms with van der Waals surface area (Å²) in [5.41, 5.74) is 0. The van der Waals surface area contributed by atoms with E-state index < -0.39 is 0 Å². The Hall–Kier alpha value is -0.380. The number of hydrogen-bond donors (Lipinski definition) is 1. The molecule has 3 heteroatoms. The van der Waals surface area contributed by atoms with Gasteiger partial charge in [0.25, 0.3) is 0 Å². The van der Waals surface area contributed by atoms with Crippen LogP contribution in [0.2, 0.25) is 0 Å². The summed E-state index contributed by atoms with van der Waals surface area (Å²) in [6.07, 6.45) is 2.60. The SMILES string of the molecule is CC(C)N1CCC(NC[C@@H](C)c2cccs2)CC1. The Bertz CT molecular complexity index is 326. The third-order valence-electron chi connectivity index (χ3n) is 4.00. The zero-order valence-electron chi connectivity index (χ0n) is 11.9. The molecule has 0 spiro atoms. The van der Waals surface area contributed by atoms with Crippen LogP contribution in [0.15, 0.2) is 17.5 Å². The fourth-order valence-corrected chi connectivity index (χ4v) is 3.42. The second-order valence-electron chi connectivity index (χ2n) is 5.73. The topological polar surface area (TPSA) is 15.3 Å². The third kappa shape index (κ3) is 3.81. The number of hydrogen-bond acceptors (Lipinski definition) is 3. The van der Waals surface area contributed by atoms with E-state index in [0.29, 0.717) is 12.0 Å². The molecule has 1 aliphatic heterocycles. The molecule has 18 heavy (non-hydrogen) atoms. The van der Waals surface area contributed by atoms with Gasteiger partial charge in [-0.1, -0.05) is 13.0 Å². The molecule has 2 heterocycles. The van der Waals surface area contributed by atoms with Gasteiger partial charge in [-0.2, -0.15) is 0 Å². The van der Waals surface area contributed by atoms with Crippen molar-refractivity contribution in [3.63, 3.8) is 0 Å². The van der Waals surface area contributed by atoms with Crippen LogP contribution >= 0.6 is 11.3 Å². The number of nitrogens with one attached hydrogen (secondary N) is 1. The minimum Gasteiger partial charge on any atom is -0.313 e. The molecule has 1 atom stereocenters. The van der Waals surface area contributed by atoms with Gasteiger partial charge in [0.2, 0.25) is 0 Å². The van der Waals surface area contributed by atoms with E-state index in [1.165, 1.54) is 30.8 Å². The Morgan fingerprint density at radius 2 is 2.06 bits per heavy atom. The van der Waals surface area contributed by atoms with Crippen LogP contribution in [0.1, 0.15) is 44.4 Å². The van der Waals surface area contributed by atoms with E-state index in [1.54, 1.807) is 0 Å². The summed E-state index contributed by atoms with van der Waals surface area (Å²) in [5.74, 6) is 0.646. The smallest absolute Gasteiger partial charge is 0.00916 e. The second kappa shape index (κ2) is 6.69. The van der Waals surface area contributed by atoms with E-state index in [9.17, 15) is 0 Å². The van der Waals surface area contributed by atoms with Crippen molar-refractivity contribution in [2.75, 3.05) is 19.6 Å². The van der Waals surface area contributed by atoms with Crippen molar-refractivity contribution in [3.05, 3.63) is 22.4 Å². The van der Waals surface area contributed by atoms with Crippen LogP contribution in [0.4, 0.5) is 0 Å². The zero-order valence-corrected chi connectivity index (χ0v) is 12.7. The largest absolute Gasteiger partial charge is 0.313 e. The first-order valence-electron chi connectivity index (χ1n) is 7.17. The summed E-state index contributed by atoms with van der Waals surface area (Å²) in [7, 11) is 0. The van der Waals surface area contributed by atoms with Crippen LogP contribution in [0.3, 0.4) is 0 Å². The van der Waals surface area contributed by atoms with Crippen LogP contribution < -0.4 is 5.32 Å². The van der Waals surface area contributed by atoms with Crippen molar-refractivity contribution in [1.82, 2.24) is 10.2 Å². The van der Waals surface area contributed by atoms with E-state index in [1.807, 2.05) is 11.3 Å². The molecule has 0 bridgehead atoms. The fraction of sp³-hybridized carbons (Fsp3) is 0.733. The monoisotopic (exact) mass is 266 g/mol. The molecular formula is C15H26N2S. The van der Waals surface area contributed by atoms with Crippen LogP contribution in [0, 0.1) is 0 Å². The molecule has 0 unspecified atom stereocenters. The highest BCUT2D eigenvalue weighted by Crippen LogP contribution is 2.20. The van der Waals surface area contributed by atoms with Gasteiger partial charge in [-0.05, 0) is 51.2 Å². The summed E-state index contributed by atoms with van der Waals surface area (Å²) in [5, 5.41) is 5.92. The number of nitrogens with zero attached hydrogens (tertiary/aromatic N) is 1. The van der Waals surface area contributed by atoms with Crippen molar-refractivity contribution in [1.29, 1.82) is 0 Å². The molecule has 1 aromatic heterocycles. The summed E-state index contributed by atoms with van der Waals surface area (Å²) in [6.45, 7) is 10.5. The van der Waals surface area contributed by atoms with E-state index in [4.69, 9.17) is 0 Å². The predicted molar refractivity (Wildman–Crippen MR) is 80.5 cm³/mol. The Morgan fingerprint density at radius 1 is 1.33 bits per heavy atom. The second-order valence-corrected chi connectivity index (χ2v) is 6.71. The molecule has 2 nitrogen and oxygen atoms in total. The first kappa shape index (κ1) is 14.0. The summed E-state index contributed by atoms with van der Waals surface area (Å²) >= 11 is 1.87. The highest BCUT2D eigenvalue weighted by molar-refractivity contribution is 7.10. The van der Waals surface area contributed by atoms with Crippen molar-refractivity contribution in [2.45, 2.75) is 51.6 Å². The molecule has 0 radical (unpaired) electrons. The number of piperidine rings is 1. The predicted octanol–water partition coefficient (Wildman–Crippen LogP) is 3.31. The van der Waals surface area contributed by atoms with Crippen molar-refractivity contribution in [2.24, 2.45) is 0 Å². The first-order valence-corrected chi connectivity index (χ1v) is 8.05. The van der Waals surface area contributed by atoms with E-state index >= 15 is 0 Å². The molecule has 1 aliphatic rings. The lowest BCUT2D eigenvalue weighted by Gasteiger charge is -2.35. The molecule has 1 saturated heterocycles. The van der Waals surface area contributed by atoms with Crippen molar-refractivity contribution in [3.8, 4) is 0 Å². The highest BCUT2D eigenvalue weighted by Gasteiger charge is 2.20. The van der Waals surface area contributed by atoms with E-state index in [-0.39, 0.29) is 0 Å². The maximum Gasteiger partial charge on any atom is 0.00916 e. The van der Waals surface area contributed by atoms with Gasteiger partial charge in [0.05, 0.1) is 0 Å². The van der Waals surface area contributed by atoms with Gasteiger partial charge in [-0.25, -0.2) is 0 Å². The Morgan fingerprint density at radius 3 is 2.61 bits per heavy atom. The minimum atomic E-state index is 0.646. The van der Waals surface area contributed by atoms with E-state index in [0.717, 1.165) is 12.6 Å². The van der Waals surface area contributed by atoms with Gasteiger partial charge in [0.15, 0.2) is 0 Å². The van der Waals surface area contributed by atoms with Gasteiger partial charge in [-0.15, -0.1) is 11.3 Å². The number of thiophene rings is 1. The van der Waals surface area contributed by atoms with Crippen molar-refractivity contribution >= 4 is 11.3 Å².